The number of aromatic nitrogens is 2. The molecule has 0 bridgehead atoms. The van der Waals surface area contributed by atoms with E-state index in [1.54, 1.807) is 6.20 Å². The second-order valence-corrected chi connectivity index (χ2v) is 1.68. The van der Waals surface area contributed by atoms with E-state index in [1.165, 1.54) is 11.5 Å². The van der Waals surface area contributed by atoms with Crippen LogP contribution in [-0.4, -0.2) is 33.0 Å². The Morgan fingerprint density at radius 3 is 2.11 bits per heavy atom. The highest BCUT2D eigenvalue weighted by Gasteiger charge is 1.61. The molecule has 1 aromatic rings. The second kappa shape index (κ2) is 7.48. The van der Waals surface area contributed by atoms with Gasteiger partial charge >= 0.3 is 0 Å². The lowest BCUT2D eigenvalue weighted by Crippen LogP contribution is -1.85. The SMILES string of the molecule is OCCO.c1csnn1. The Labute approximate surface area is 56.9 Å². The molecule has 1 heterocycles. The third-order valence-corrected chi connectivity index (χ3v) is 0.815. The highest BCUT2D eigenvalue weighted by molar-refractivity contribution is 7.03. The molecule has 0 saturated heterocycles. The van der Waals surface area contributed by atoms with Gasteiger partial charge in [-0.3, -0.25) is 0 Å². The summed E-state index contributed by atoms with van der Waals surface area (Å²) in [7, 11) is 0. The summed E-state index contributed by atoms with van der Waals surface area (Å²) in [6.07, 6.45) is 1.66. The Morgan fingerprint density at radius 1 is 1.33 bits per heavy atom. The predicted octanol–water partition coefficient (Wildman–Crippen LogP) is -0.491. The molecule has 0 spiro atoms. The van der Waals surface area contributed by atoms with Crippen molar-refractivity contribution in [3.05, 3.63) is 11.6 Å². The summed E-state index contributed by atoms with van der Waals surface area (Å²) in [5.41, 5.74) is 0. The first kappa shape index (κ1) is 8.48. The van der Waals surface area contributed by atoms with Crippen molar-refractivity contribution in [1.82, 2.24) is 9.59 Å². The number of hydrogen-bond acceptors (Lipinski definition) is 5. The van der Waals surface area contributed by atoms with Crippen molar-refractivity contribution in [2.24, 2.45) is 0 Å². The topological polar surface area (TPSA) is 66.2 Å². The fraction of sp³-hybridized carbons (Fsp3) is 0.500. The minimum Gasteiger partial charge on any atom is -0.394 e. The van der Waals surface area contributed by atoms with Gasteiger partial charge in [0.2, 0.25) is 0 Å². The van der Waals surface area contributed by atoms with Crippen LogP contribution < -0.4 is 0 Å². The predicted molar refractivity (Wildman–Crippen MR) is 34.1 cm³/mol. The first-order chi connectivity index (χ1) is 4.41. The maximum atomic E-state index is 7.62. The lowest BCUT2D eigenvalue weighted by molar-refractivity contribution is 0.186. The number of aliphatic hydroxyl groups is 2. The molecule has 0 amide bonds. The summed E-state index contributed by atoms with van der Waals surface area (Å²) in [4.78, 5) is 0. The summed E-state index contributed by atoms with van der Waals surface area (Å²) in [5.74, 6) is 0. The average Bonchev–Trinajstić information content (AvgIpc) is 2.43. The van der Waals surface area contributed by atoms with E-state index in [0.29, 0.717) is 0 Å². The van der Waals surface area contributed by atoms with Crippen LogP contribution in [0.25, 0.3) is 0 Å². The molecule has 0 aliphatic carbocycles. The molecule has 52 valence electrons. The second-order valence-electron chi connectivity index (χ2n) is 1.03. The Kier molecular flexibility index (Phi) is 7.05. The zero-order chi connectivity index (χ0) is 6.95. The first-order valence-electron chi connectivity index (χ1n) is 2.34. The van der Waals surface area contributed by atoms with E-state index in [-0.39, 0.29) is 13.2 Å². The van der Waals surface area contributed by atoms with Gasteiger partial charge in [0.25, 0.3) is 0 Å². The number of rotatable bonds is 1. The Morgan fingerprint density at radius 2 is 2.00 bits per heavy atom. The van der Waals surface area contributed by atoms with Gasteiger partial charge in [0.15, 0.2) is 0 Å². The van der Waals surface area contributed by atoms with Gasteiger partial charge in [-0.15, -0.1) is 5.10 Å². The van der Waals surface area contributed by atoms with E-state index >= 15 is 0 Å². The number of aliphatic hydroxyl groups excluding tert-OH is 2. The van der Waals surface area contributed by atoms with E-state index in [1.807, 2.05) is 5.38 Å². The van der Waals surface area contributed by atoms with Crippen LogP contribution in [0.1, 0.15) is 0 Å². The summed E-state index contributed by atoms with van der Waals surface area (Å²) in [5, 5.41) is 20.6. The van der Waals surface area contributed by atoms with Crippen molar-refractivity contribution in [2.45, 2.75) is 0 Å². The molecule has 0 radical (unpaired) electrons. The van der Waals surface area contributed by atoms with E-state index in [4.69, 9.17) is 10.2 Å². The smallest absolute Gasteiger partial charge is 0.0662 e. The zero-order valence-corrected chi connectivity index (χ0v) is 5.58. The Balaban J connectivity index is 0.000000148. The molecule has 4 nitrogen and oxygen atoms in total. The lowest BCUT2D eigenvalue weighted by atomic mass is 10.8. The van der Waals surface area contributed by atoms with Gasteiger partial charge in [-0.1, -0.05) is 4.49 Å². The van der Waals surface area contributed by atoms with Gasteiger partial charge in [0.1, 0.15) is 0 Å². The highest BCUT2D eigenvalue weighted by Crippen LogP contribution is 1.78. The summed E-state index contributed by atoms with van der Waals surface area (Å²) in [6.45, 7) is -0.250. The van der Waals surface area contributed by atoms with E-state index in [2.05, 4.69) is 9.59 Å². The quantitative estimate of drug-likeness (QED) is 0.564. The molecule has 9 heavy (non-hydrogen) atoms. The molecule has 0 unspecified atom stereocenters. The molecule has 0 atom stereocenters. The molecule has 0 saturated carbocycles. The number of hydrogen-bond donors (Lipinski definition) is 2. The van der Waals surface area contributed by atoms with Gasteiger partial charge in [0, 0.05) is 5.38 Å². The maximum Gasteiger partial charge on any atom is 0.0662 e. The standard InChI is InChI=1S/C2H2N2S.C2H6O2/c1-2-5-4-3-1;3-1-2-4/h1-2H;3-4H,1-2H2. The fourth-order valence-electron chi connectivity index (χ4n) is 0.136. The number of nitrogens with zero attached hydrogens (tertiary/aromatic N) is 2. The van der Waals surface area contributed by atoms with Crippen molar-refractivity contribution >= 4 is 11.5 Å². The molecule has 1 rings (SSSR count). The molecule has 0 aromatic carbocycles. The maximum absolute atomic E-state index is 7.62. The van der Waals surface area contributed by atoms with Crippen LogP contribution in [0, 0.1) is 0 Å². The minimum absolute atomic E-state index is 0.125. The molecule has 1 aromatic heterocycles. The van der Waals surface area contributed by atoms with Crippen molar-refractivity contribution in [3.8, 4) is 0 Å². The first-order valence-corrected chi connectivity index (χ1v) is 3.18. The van der Waals surface area contributed by atoms with Crippen LogP contribution in [0.5, 0.6) is 0 Å². The molecular formula is C4H8N2O2S. The Hall–Kier alpha value is -0.520. The van der Waals surface area contributed by atoms with E-state index in [0.717, 1.165) is 0 Å². The highest BCUT2D eigenvalue weighted by atomic mass is 32.1. The zero-order valence-electron chi connectivity index (χ0n) is 4.77. The fourth-order valence-corrected chi connectivity index (χ4v) is 0.408. The molecule has 5 heteroatoms. The third kappa shape index (κ3) is 7.48. The molecule has 0 aliphatic rings. The summed E-state index contributed by atoms with van der Waals surface area (Å²) in [6, 6.07) is 0. The van der Waals surface area contributed by atoms with E-state index < -0.39 is 0 Å². The van der Waals surface area contributed by atoms with Crippen LogP contribution >= 0.6 is 11.5 Å². The van der Waals surface area contributed by atoms with E-state index in [9.17, 15) is 0 Å². The molecule has 0 fully saturated rings. The third-order valence-electron chi connectivity index (χ3n) is 0.383. The van der Waals surface area contributed by atoms with Crippen molar-refractivity contribution in [1.29, 1.82) is 0 Å². The summed E-state index contributed by atoms with van der Waals surface area (Å²) >= 11 is 1.35. The normalized spacial score (nSPS) is 7.78. The average molecular weight is 148 g/mol. The lowest BCUT2D eigenvalue weighted by Gasteiger charge is -1.70. The van der Waals surface area contributed by atoms with Crippen LogP contribution in [0.2, 0.25) is 0 Å². The van der Waals surface area contributed by atoms with Gasteiger partial charge in [-0.2, -0.15) is 0 Å². The van der Waals surface area contributed by atoms with Crippen LogP contribution in [0.15, 0.2) is 11.6 Å². The van der Waals surface area contributed by atoms with Crippen LogP contribution in [0.4, 0.5) is 0 Å². The summed E-state index contributed by atoms with van der Waals surface area (Å²) < 4.78 is 3.51. The van der Waals surface area contributed by atoms with Crippen LogP contribution in [0.3, 0.4) is 0 Å². The molecule has 0 aliphatic heterocycles. The van der Waals surface area contributed by atoms with Crippen molar-refractivity contribution < 1.29 is 10.2 Å². The van der Waals surface area contributed by atoms with Crippen molar-refractivity contribution in [2.75, 3.05) is 13.2 Å². The van der Waals surface area contributed by atoms with Crippen LogP contribution in [-0.2, 0) is 0 Å². The monoisotopic (exact) mass is 148 g/mol. The largest absolute Gasteiger partial charge is 0.394 e. The van der Waals surface area contributed by atoms with Gasteiger partial charge in [0.05, 0.1) is 19.4 Å². The van der Waals surface area contributed by atoms with Crippen molar-refractivity contribution in [3.63, 3.8) is 0 Å². The molecular weight excluding hydrogens is 140 g/mol. The minimum atomic E-state index is -0.125. The van der Waals surface area contributed by atoms with Gasteiger partial charge < -0.3 is 10.2 Å². The molecule has 2 N–H and O–H groups in total. The van der Waals surface area contributed by atoms with Gasteiger partial charge in [-0.25, -0.2) is 0 Å². The Bertz CT molecular complexity index is 92.1. The van der Waals surface area contributed by atoms with Gasteiger partial charge in [-0.05, 0) is 11.5 Å².